The monoisotopic (exact) mass is 505 g/mol. The summed E-state index contributed by atoms with van der Waals surface area (Å²) in [6.07, 6.45) is 4.67. The molecule has 1 amide bonds. The van der Waals surface area contributed by atoms with Crippen LogP contribution in [-0.4, -0.2) is 33.0 Å². The topological polar surface area (TPSA) is 81.1 Å². The van der Waals surface area contributed by atoms with Gasteiger partial charge in [0.05, 0.1) is 12.2 Å². The molecule has 7 nitrogen and oxygen atoms in total. The Morgan fingerprint density at radius 1 is 1.11 bits per heavy atom. The van der Waals surface area contributed by atoms with Gasteiger partial charge in [-0.25, -0.2) is 4.68 Å². The average Bonchev–Trinajstić information content (AvgIpc) is 3.25. The van der Waals surface area contributed by atoms with Gasteiger partial charge in [0, 0.05) is 11.4 Å². The van der Waals surface area contributed by atoms with Crippen molar-refractivity contribution in [3.05, 3.63) is 70.9 Å². The fraction of sp³-hybridized carbons (Fsp3) is 0.393. The van der Waals surface area contributed by atoms with Crippen molar-refractivity contribution < 1.29 is 9.53 Å². The molecular weight excluding hydrogens is 470 g/mol. The lowest BCUT2D eigenvalue weighted by Crippen LogP contribution is -2.31. The van der Waals surface area contributed by atoms with Crippen LogP contribution < -0.4 is 15.4 Å². The van der Waals surface area contributed by atoms with E-state index in [9.17, 15) is 4.79 Å². The van der Waals surface area contributed by atoms with Gasteiger partial charge in [-0.2, -0.15) is 4.98 Å². The summed E-state index contributed by atoms with van der Waals surface area (Å²) >= 11 is 1.58. The number of aromatic nitrogens is 3. The normalized spacial score (nSPS) is 14.8. The minimum Gasteiger partial charge on any atom is -0.494 e. The lowest BCUT2D eigenvalue weighted by atomic mass is 9.95. The van der Waals surface area contributed by atoms with E-state index >= 15 is 0 Å². The Hall–Kier alpha value is -3.26. The Kier molecular flexibility index (Phi) is 8.70. The Labute approximate surface area is 217 Å². The number of unbranched alkanes of at least 4 members (excludes halogenated alkanes) is 3. The van der Waals surface area contributed by atoms with Crippen molar-refractivity contribution in [3.63, 3.8) is 0 Å². The van der Waals surface area contributed by atoms with Crippen molar-refractivity contribution >= 4 is 29.3 Å². The molecular formula is C28H35N5O2S. The van der Waals surface area contributed by atoms with E-state index in [-0.39, 0.29) is 5.91 Å². The van der Waals surface area contributed by atoms with E-state index in [0.717, 1.165) is 40.4 Å². The summed E-state index contributed by atoms with van der Waals surface area (Å²) < 4.78 is 7.76. The fourth-order valence-electron chi connectivity index (χ4n) is 4.31. The number of nitrogens with one attached hydrogen (secondary N) is 2. The van der Waals surface area contributed by atoms with Gasteiger partial charge in [-0.05, 0) is 61.4 Å². The number of hydrogen-bond acceptors (Lipinski definition) is 6. The van der Waals surface area contributed by atoms with Crippen LogP contribution in [0.25, 0.3) is 0 Å². The molecule has 0 aliphatic carbocycles. The van der Waals surface area contributed by atoms with Crippen molar-refractivity contribution in [1.29, 1.82) is 0 Å². The third-order valence-electron chi connectivity index (χ3n) is 6.09. The molecule has 190 valence electrons. The number of amides is 1. The highest BCUT2D eigenvalue weighted by Gasteiger charge is 2.34. The van der Waals surface area contributed by atoms with Gasteiger partial charge in [0.25, 0.3) is 5.91 Å². The second kappa shape index (κ2) is 12.1. The molecule has 1 aliphatic rings. The maximum Gasteiger partial charge on any atom is 0.255 e. The minimum atomic E-state index is -0.414. The van der Waals surface area contributed by atoms with E-state index in [1.807, 2.05) is 67.1 Å². The number of carbonyl (C=O) groups is 1. The maximum absolute atomic E-state index is 13.6. The van der Waals surface area contributed by atoms with Crippen molar-refractivity contribution in [3.8, 4) is 5.75 Å². The number of aryl methyl sites for hydroxylation is 1. The van der Waals surface area contributed by atoms with Crippen molar-refractivity contribution in [2.24, 2.45) is 0 Å². The first-order valence-electron chi connectivity index (χ1n) is 12.7. The van der Waals surface area contributed by atoms with E-state index < -0.39 is 6.04 Å². The van der Waals surface area contributed by atoms with E-state index in [1.165, 1.54) is 19.3 Å². The van der Waals surface area contributed by atoms with Gasteiger partial charge < -0.3 is 15.4 Å². The van der Waals surface area contributed by atoms with Gasteiger partial charge in [-0.3, -0.25) is 4.79 Å². The molecule has 36 heavy (non-hydrogen) atoms. The molecule has 4 rings (SSSR count). The number of anilines is 2. The van der Waals surface area contributed by atoms with Crippen LogP contribution >= 0.6 is 11.8 Å². The number of rotatable bonds is 11. The first kappa shape index (κ1) is 25.8. The predicted octanol–water partition coefficient (Wildman–Crippen LogP) is 6.59. The number of allylic oxidation sites excluding steroid dienone is 1. The number of benzene rings is 2. The van der Waals surface area contributed by atoms with Gasteiger partial charge in [0.1, 0.15) is 11.8 Å². The first-order valence-corrected chi connectivity index (χ1v) is 13.7. The molecule has 0 spiro atoms. The molecule has 0 saturated heterocycles. The van der Waals surface area contributed by atoms with Gasteiger partial charge in [-0.15, -0.1) is 5.10 Å². The van der Waals surface area contributed by atoms with E-state index in [4.69, 9.17) is 9.84 Å². The highest BCUT2D eigenvalue weighted by molar-refractivity contribution is 7.99. The summed E-state index contributed by atoms with van der Waals surface area (Å²) in [5.74, 6) is 2.16. The highest BCUT2D eigenvalue weighted by atomic mass is 32.2. The molecule has 2 N–H and O–H groups in total. The van der Waals surface area contributed by atoms with Crippen LogP contribution in [0.15, 0.2) is 65.0 Å². The molecule has 2 aromatic carbocycles. The summed E-state index contributed by atoms with van der Waals surface area (Å²) in [5.41, 5.74) is 4.16. The molecule has 2 heterocycles. The summed E-state index contributed by atoms with van der Waals surface area (Å²) in [6, 6.07) is 15.4. The van der Waals surface area contributed by atoms with Crippen molar-refractivity contribution in [2.45, 2.75) is 64.6 Å². The first-order chi connectivity index (χ1) is 17.5. The Morgan fingerprint density at radius 3 is 2.64 bits per heavy atom. The third-order valence-corrected chi connectivity index (χ3v) is 6.81. The largest absolute Gasteiger partial charge is 0.494 e. The second-order valence-electron chi connectivity index (χ2n) is 8.96. The zero-order valence-electron chi connectivity index (χ0n) is 21.5. The third kappa shape index (κ3) is 6.10. The molecule has 1 atom stereocenters. The average molecular weight is 506 g/mol. The molecule has 3 aromatic rings. The number of ether oxygens (including phenoxy) is 1. The summed E-state index contributed by atoms with van der Waals surface area (Å²) in [5, 5.41) is 11.8. The fourth-order valence-corrected chi connectivity index (χ4v) is 4.87. The Bertz CT molecular complexity index is 1220. The smallest absolute Gasteiger partial charge is 0.255 e. The van der Waals surface area contributed by atoms with E-state index in [1.54, 1.807) is 11.8 Å². The molecule has 0 fully saturated rings. The van der Waals surface area contributed by atoms with Crippen LogP contribution in [0.1, 0.15) is 63.6 Å². The lowest BCUT2D eigenvalue weighted by Gasteiger charge is -2.28. The number of thioether (sulfide) groups is 1. The SMILES string of the molecule is CCCCCCOc1ccc(C2C(C(=O)Nc3cccc(C)c3)=C(C)Nc3nc(SCC)nn32)cc1. The van der Waals surface area contributed by atoms with E-state index in [0.29, 0.717) is 23.3 Å². The van der Waals surface area contributed by atoms with Gasteiger partial charge in [0.15, 0.2) is 0 Å². The molecule has 0 bridgehead atoms. The van der Waals surface area contributed by atoms with Crippen LogP contribution in [0.4, 0.5) is 11.6 Å². The lowest BCUT2D eigenvalue weighted by molar-refractivity contribution is -0.113. The number of carbonyl (C=O) groups excluding carboxylic acids is 1. The molecule has 8 heteroatoms. The van der Waals surface area contributed by atoms with Crippen molar-refractivity contribution in [2.75, 3.05) is 23.0 Å². The number of hydrogen-bond donors (Lipinski definition) is 2. The molecule has 1 unspecified atom stereocenters. The molecule has 1 aromatic heterocycles. The second-order valence-corrected chi connectivity index (χ2v) is 10.2. The van der Waals surface area contributed by atoms with Crippen LogP contribution in [0.5, 0.6) is 5.75 Å². The predicted molar refractivity (Wildman–Crippen MR) is 147 cm³/mol. The highest BCUT2D eigenvalue weighted by Crippen LogP contribution is 2.37. The van der Waals surface area contributed by atoms with E-state index in [2.05, 4.69) is 29.5 Å². The number of nitrogens with zero attached hydrogens (tertiary/aromatic N) is 3. The quantitative estimate of drug-likeness (QED) is 0.226. The van der Waals surface area contributed by atoms with Crippen molar-refractivity contribution in [1.82, 2.24) is 14.8 Å². The van der Waals surface area contributed by atoms with Crippen LogP contribution in [0.2, 0.25) is 0 Å². The molecule has 0 saturated carbocycles. The van der Waals surface area contributed by atoms with Gasteiger partial charge in [-0.1, -0.05) is 69.1 Å². The summed E-state index contributed by atoms with van der Waals surface area (Å²) in [6.45, 7) is 8.90. The van der Waals surface area contributed by atoms with Gasteiger partial charge in [0.2, 0.25) is 11.1 Å². The summed E-state index contributed by atoms with van der Waals surface area (Å²) in [4.78, 5) is 18.3. The standard InChI is InChI=1S/C28H35N5O2S/c1-5-7-8-9-17-35-23-15-13-21(14-16-23)25-24(26(34)30-22-12-10-11-19(3)18-22)20(4)29-27-31-28(36-6-2)32-33(25)27/h10-16,18,25H,5-9,17H2,1-4H3,(H,30,34)(H,29,31,32). The Balaban J connectivity index is 1.62. The minimum absolute atomic E-state index is 0.169. The summed E-state index contributed by atoms with van der Waals surface area (Å²) in [7, 11) is 0. The van der Waals surface area contributed by atoms with Crippen LogP contribution in [0.3, 0.4) is 0 Å². The number of fused-ring (bicyclic) bond motifs is 1. The molecule has 1 aliphatic heterocycles. The zero-order chi connectivity index (χ0) is 25.5. The van der Waals surface area contributed by atoms with Gasteiger partial charge >= 0.3 is 0 Å². The maximum atomic E-state index is 13.6. The van der Waals surface area contributed by atoms with Crippen LogP contribution in [-0.2, 0) is 4.79 Å². The van der Waals surface area contributed by atoms with Crippen LogP contribution in [0, 0.1) is 6.92 Å². The zero-order valence-corrected chi connectivity index (χ0v) is 22.3. The Morgan fingerprint density at radius 2 is 1.92 bits per heavy atom. The molecule has 0 radical (unpaired) electrons.